The van der Waals surface area contributed by atoms with Crippen LogP contribution in [-0.2, 0) is 4.74 Å². The fraction of sp³-hybridized carbons (Fsp3) is 0.286. The summed E-state index contributed by atoms with van der Waals surface area (Å²) in [6.45, 7) is 8.36. The first kappa shape index (κ1) is 23.5. The zero-order valence-corrected chi connectivity index (χ0v) is 20.0. The molecule has 1 unspecified atom stereocenters. The van der Waals surface area contributed by atoms with Crippen LogP contribution in [0, 0.1) is 19.7 Å². The highest BCUT2D eigenvalue weighted by Crippen LogP contribution is 2.40. The van der Waals surface area contributed by atoms with E-state index in [1.165, 1.54) is 6.07 Å². The van der Waals surface area contributed by atoms with E-state index in [0.29, 0.717) is 41.0 Å². The second kappa shape index (κ2) is 9.67. The maximum Gasteiger partial charge on any atom is 0.414 e. The van der Waals surface area contributed by atoms with Crippen molar-refractivity contribution >= 4 is 23.4 Å². The van der Waals surface area contributed by atoms with Gasteiger partial charge in [-0.25, -0.2) is 9.18 Å². The van der Waals surface area contributed by atoms with Gasteiger partial charge in [0.05, 0.1) is 24.0 Å². The van der Waals surface area contributed by atoms with E-state index in [2.05, 4.69) is 0 Å². The van der Waals surface area contributed by atoms with Crippen molar-refractivity contribution in [1.29, 1.82) is 0 Å². The summed E-state index contributed by atoms with van der Waals surface area (Å²) < 4.78 is 19.7. The number of anilines is 2. The van der Waals surface area contributed by atoms with Crippen molar-refractivity contribution in [3.63, 3.8) is 0 Å². The van der Waals surface area contributed by atoms with E-state index in [1.807, 2.05) is 32.9 Å². The molecule has 0 radical (unpaired) electrons. The molecule has 0 aromatic heterocycles. The molecule has 0 fully saturated rings. The van der Waals surface area contributed by atoms with Gasteiger partial charge < -0.3 is 9.64 Å². The van der Waals surface area contributed by atoms with Gasteiger partial charge in [0.2, 0.25) is 0 Å². The van der Waals surface area contributed by atoms with Gasteiger partial charge in [0, 0.05) is 17.7 Å². The Morgan fingerprint density at radius 1 is 0.971 bits per heavy atom. The zero-order chi connectivity index (χ0) is 24.4. The van der Waals surface area contributed by atoms with Crippen LogP contribution < -0.4 is 9.80 Å². The first-order valence-corrected chi connectivity index (χ1v) is 11.6. The lowest BCUT2D eigenvalue weighted by Crippen LogP contribution is -2.53. The van der Waals surface area contributed by atoms with Crippen molar-refractivity contribution < 1.29 is 18.7 Å². The lowest BCUT2D eigenvalue weighted by molar-refractivity contribution is 0.0981. The monoisotopic (exact) mass is 460 g/mol. The third-order valence-corrected chi connectivity index (χ3v) is 6.37. The maximum absolute atomic E-state index is 14.4. The SMILES string of the molecule is CCOC(=O)N1c2cc(C)c(C)cc2N(C(=O)c2cccc(-c3ccccc3F)c2)CC1CC. The molecule has 6 heteroatoms. The van der Waals surface area contributed by atoms with Gasteiger partial charge in [-0.3, -0.25) is 9.69 Å². The summed E-state index contributed by atoms with van der Waals surface area (Å²) in [4.78, 5) is 30.1. The summed E-state index contributed by atoms with van der Waals surface area (Å²) >= 11 is 0. The van der Waals surface area contributed by atoms with Crippen LogP contribution in [0.15, 0.2) is 60.7 Å². The summed E-state index contributed by atoms with van der Waals surface area (Å²) in [7, 11) is 0. The molecule has 34 heavy (non-hydrogen) atoms. The topological polar surface area (TPSA) is 49.9 Å². The number of carbonyl (C=O) groups is 2. The average molecular weight is 461 g/mol. The molecule has 0 bridgehead atoms. The van der Waals surface area contributed by atoms with Gasteiger partial charge in [-0.15, -0.1) is 0 Å². The van der Waals surface area contributed by atoms with E-state index in [-0.39, 0.29) is 24.4 Å². The lowest BCUT2D eigenvalue weighted by Gasteiger charge is -2.42. The van der Waals surface area contributed by atoms with Gasteiger partial charge in [-0.1, -0.05) is 37.3 Å². The molecule has 3 aromatic rings. The number of hydrogen-bond acceptors (Lipinski definition) is 3. The van der Waals surface area contributed by atoms with Gasteiger partial charge in [-0.2, -0.15) is 0 Å². The first-order chi connectivity index (χ1) is 16.3. The van der Waals surface area contributed by atoms with Crippen molar-refractivity contribution in [3.8, 4) is 11.1 Å². The average Bonchev–Trinajstić information content (AvgIpc) is 2.84. The van der Waals surface area contributed by atoms with Crippen LogP contribution >= 0.6 is 0 Å². The van der Waals surface area contributed by atoms with Crippen molar-refractivity contribution in [2.45, 2.75) is 40.2 Å². The van der Waals surface area contributed by atoms with Crippen LogP contribution in [0.1, 0.15) is 41.8 Å². The third-order valence-electron chi connectivity index (χ3n) is 6.37. The second-order valence-electron chi connectivity index (χ2n) is 8.53. The molecule has 176 valence electrons. The Labute approximate surface area is 199 Å². The summed E-state index contributed by atoms with van der Waals surface area (Å²) in [5, 5.41) is 0. The molecule has 3 aromatic carbocycles. The predicted molar refractivity (Wildman–Crippen MR) is 133 cm³/mol. The van der Waals surface area contributed by atoms with Gasteiger partial charge in [0.25, 0.3) is 5.91 Å². The largest absolute Gasteiger partial charge is 0.449 e. The molecule has 2 amide bonds. The smallest absolute Gasteiger partial charge is 0.414 e. The van der Waals surface area contributed by atoms with Gasteiger partial charge in [0.15, 0.2) is 0 Å². The Balaban J connectivity index is 1.79. The number of benzene rings is 3. The van der Waals surface area contributed by atoms with E-state index in [9.17, 15) is 14.0 Å². The quantitative estimate of drug-likeness (QED) is 0.446. The van der Waals surface area contributed by atoms with E-state index in [0.717, 1.165) is 11.1 Å². The number of aryl methyl sites for hydroxylation is 2. The molecule has 1 atom stereocenters. The molecule has 0 N–H and O–H groups in total. The summed E-state index contributed by atoms with van der Waals surface area (Å²) in [6, 6.07) is 17.2. The Hall–Kier alpha value is -3.67. The number of halogens is 1. The fourth-order valence-electron chi connectivity index (χ4n) is 4.40. The Morgan fingerprint density at radius 2 is 1.68 bits per heavy atom. The minimum atomic E-state index is -0.410. The molecule has 0 spiro atoms. The van der Waals surface area contributed by atoms with Crippen LogP contribution in [0.5, 0.6) is 0 Å². The number of hydrogen-bond donors (Lipinski definition) is 0. The van der Waals surface area contributed by atoms with Crippen molar-refractivity contribution in [2.24, 2.45) is 0 Å². The standard InChI is InChI=1S/C28H29FN2O3/c1-5-22-17-30(25-14-18(3)19(4)15-26(25)31(22)28(33)34-6-2)27(32)21-11-9-10-20(16-21)23-12-7-8-13-24(23)29/h7-16,22H,5-6,17H2,1-4H3. The fourth-order valence-corrected chi connectivity index (χ4v) is 4.40. The van der Waals surface area contributed by atoms with Crippen molar-refractivity contribution in [2.75, 3.05) is 23.0 Å². The summed E-state index contributed by atoms with van der Waals surface area (Å²) in [6.07, 6.45) is 0.247. The van der Waals surface area contributed by atoms with Crippen molar-refractivity contribution in [1.82, 2.24) is 0 Å². The van der Waals surface area contributed by atoms with E-state index in [4.69, 9.17) is 4.74 Å². The number of fused-ring (bicyclic) bond motifs is 1. The normalized spacial score (nSPS) is 15.1. The molecule has 0 saturated carbocycles. The third kappa shape index (κ3) is 4.28. The van der Waals surface area contributed by atoms with Crippen LogP contribution in [0.2, 0.25) is 0 Å². The molecular formula is C28H29FN2O3. The summed E-state index contributed by atoms with van der Waals surface area (Å²) in [5.41, 5.74) is 4.93. The molecule has 5 nitrogen and oxygen atoms in total. The number of nitrogens with zero attached hydrogens (tertiary/aromatic N) is 2. The highest BCUT2D eigenvalue weighted by molar-refractivity contribution is 6.11. The number of ether oxygens (including phenoxy) is 1. The lowest BCUT2D eigenvalue weighted by atomic mass is 9.98. The van der Waals surface area contributed by atoms with E-state index < -0.39 is 6.09 Å². The molecular weight excluding hydrogens is 431 g/mol. The molecule has 1 aliphatic heterocycles. The van der Waals surface area contributed by atoms with Crippen LogP contribution in [0.3, 0.4) is 0 Å². The minimum Gasteiger partial charge on any atom is -0.449 e. The van der Waals surface area contributed by atoms with Crippen molar-refractivity contribution in [3.05, 3.63) is 83.2 Å². The highest BCUT2D eigenvalue weighted by atomic mass is 19.1. The highest BCUT2D eigenvalue weighted by Gasteiger charge is 2.37. The Morgan fingerprint density at radius 3 is 2.35 bits per heavy atom. The molecule has 4 rings (SSSR count). The summed E-state index contributed by atoms with van der Waals surface area (Å²) in [5.74, 6) is -0.526. The van der Waals surface area contributed by atoms with E-state index in [1.54, 1.807) is 59.2 Å². The molecule has 1 aliphatic rings. The number of rotatable bonds is 4. The Kier molecular flexibility index (Phi) is 6.68. The van der Waals surface area contributed by atoms with Crippen LogP contribution in [-0.4, -0.2) is 31.2 Å². The minimum absolute atomic E-state index is 0.190. The van der Waals surface area contributed by atoms with Gasteiger partial charge in [-0.05, 0) is 74.2 Å². The molecule has 0 saturated heterocycles. The van der Waals surface area contributed by atoms with Crippen LogP contribution in [0.4, 0.5) is 20.6 Å². The first-order valence-electron chi connectivity index (χ1n) is 11.6. The molecule has 0 aliphatic carbocycles. The zero-order valence-electron chi connectivity index (χ0n) is 20.0. The van der Waals surface area contributed by atoms with Crippen LogP contribution in [0.25, 0.3) is 11.1 Å². The van der Waals surface area contributed by atoms with E-state index >= 15 is 0 Å². The maximum atomic E-state index is 14.4. The second-order valence-corrected chi connectivity index (χ2v) is 8.53. The van der Waals surface area contributed by atoms with Gasteiger partial charge in [0.1, 0.15) is 5.82 Å². The Bertz CT molecular complexity index is 1240. The number of carbonyl (C=O) groups excluding carboxylic acids is 2. The predicted octanol–water partition coefficient (Wildman–Crippen LogP) is 6.51. The number of amides is 2. The van der Waals surface area contributed by atoms with Gasteiger partial charge >= 0.3 is 6.09 Å². The molecule has 1 heterocycles.